The Morgan fingerprint density at radius 1 is 1.04 bits per heavy atom. The van der Waals surface area contributed by atoms with Gasteiger partial charge in [-0.2, -0.15) is 0 Å². The molecule has 0 radical (unpaired) electrons. The molecule has 4 aromatic rings. The molecule has 1 N–H and O–H groups in total. The van der Waals surface area contributed by atoms with Crippen molar-refractivity contribution >= 4 is 27.8 Å². The second-order valence-electron chi connectivity index (χ2n) is 7.55. The van der Waals surface area contributed by atoms with Gasteiger partial charge in [0.05, 0.1) is 18.0 Å². The van der Waals surface area contributed by atoms with Gasteiger partial charge in [-0.3, -0.25) is 0 Å². The first-order valence-corrected chi connectivity index (χ1v) is 9.92. The molecule has 3 heterocycles. The van der Waals surface area contributed by atoms with E-state index in [-0.39, 0.29) is 0 Å². The minimum atomic E-state index is 0.735. The van der Waals surface area contributed by atoms with Gasteiger partial charge in [0.1, 0.15) is 23.1 Å². The van der Waals surface area contributed by atoms with Gasteiger partial charge in [-0.1, -0.05) is 36.4 Å². The second kappa shape index (κ2) is 7.15. The summed E-state index contributed by atoms with van der Waals surface area (Å²) >= 11 is 0. The number of ether oxygens (including phenoxy) is 1. The van der Waals surface area contributed by atoms with Crippen molar-refractivity contribution in [3.63, 3.8) is 0 Å². The molecule has 1 saturated heterocycles. The van der Waals surface area contributed by atoms with Gasteiger partial charge in [-0.05, 0) is 42.9 Å². The van der Waals surface area contributed by atoms with E-state index < -0.39 is 0 Å². The first kappa shape index (κ1) is 17.0. The van der Waals surface area contributed by atoms with Crippen molar-refractivity contribution < 1.29 is 4.74 Å². The molecule has 2 aromatic carbocycles. The van der Waals surface area contributed by atoms with E-state index in [9.17, 15) is 0 Å². The van der Waals surface area contributed by atoms with Crippen LogP contribution in [0.1, 0.15) is 18.4 Å². The predicted molar refractivity (Wildman–Crippen MR) is 113 cm³/mol. The lowest BCUT2D eigenvalue weighted by Crippen LogP contribution is -2.35. The van der Waals surface area contributed by atoms with Gasteiger partial charge in [-0.15, -0.1) is 0 Å². The van der Waals surface area contributed by atoms with Crippen molar-refractivity contribution in [3.8, 4) is 5.75 Å². The fourth-order valence-electron chi connectivity index (χ4n) is 4.40. The molecule has 0 atom stereocenters. The highest BCUT2D eigenvalue weighted by molar-refractivity contribution is 6.11. The van der Waals surface area contributed by atoms with Crippen molar-refractivity contribution in [2.75, 3.05) is 25.1 Å². The standard InChI is InChI=1S/C23H24N4O/c1-28-19-9-5-8-18-20(19)21-22(26-18)23(25-15-24-21)27-12-10-17(11-13-27)14-16-6-3-2-4-7-16/h2-9,15,17,26H,10-14H2,1H3. The monoisotopic (exact) mass is 372 g/mol. The van der Waals surface area contributed by atoms with Gasteiger partial charge < -0.3 is 14.6 Å². The van der Waals surface area contributed by atoms with Crippen LogP contribution in [-0.2, 0) is 6.42 Å². The summed E-state index contributed by atoms with van der Waals surface area (Å²) < 4.78 is 5.56. The third kappa shape index (κ3) is 2.97. The molecule has 1 aliphatic rings. The summed E-state index contributed by atoms with van der Waals surface area (Å²) in [6, 6.07) is 16.9. The van der Waals surface area contributed by atoms with Crippen LogP contribution < -0.4 is 9.64 Å². The molecule has 0 bridgehead atoms. The third-order valence-corrected chi connectivity index (χ3v) is 5.85. The number of rotatable bonds is 4. The van der Waals surface area contributed by atoms with Gasteiger partial charge in [0.15, 0.2) is 5.82 Å². The minimum absolute atomic E-state index is 0.735. The van der Waals surface area contributed by atoms with Crippen LogP contribution in [0.3, 0.4) is 0 Å². The smallest absolute Gasteiger partial charge is 0.156 e. The van der Waals surface area contributed by atoms with Crippen molar-refractivity contribution in [2.45, 2.75) is 19.3 Å². The lowest BCUT2D eigenvalue weighted by molar-refractivity contribution is 0.402. The summed E-state index contributed by atoms with van der Waals surface area (Å²) in [5.41, 5.74) is 4.41. The Bertz CT molecular complexity index is 1100. The van der Waals surface area contributed by atoms with Crippen LogP contribution in [0, 0.1) is 5.92 Å². The van der Waals surface area contributed by atoms with Gasteiger partial charge in [0, 0.05) is 13.1 Å². The first-order chi connectivity index (χ1) is 13.8. The number of anilines is 1. The van der Waals surface area contributed by atoms with Crippen molar-refractivity contribution in [1.29, 1.82) is 0 Å². The number of hydrogen-bond acceptors (Lipinski definition) is 4. The topological polar surface area (TPSA) is 54.0 Å². The van der Waals surface area contributed by atoms with E-state index in [1.54, 1.807) is 13.4 Å². The SMILES string of the molecule is COc1cccc2[nH]c3c(N4CCC(Cc5ccccc5)CC4)ncnc3c12. The van der Waals surface area contributed by atoms with Crippen molar-refractivity contribution in [3.05, 3.63) is 60.4 Å². The lowest BCUT2D eigenvalue weighted by atomic mass is 9.90. The summed E-state index contributed by atoms with van der Waals surface area (Å²) in [4.78, 5) is 15.1. The zero-order valence-corrected chi connectivity index (χ0v) is 16.1. The third-order valence-electron chi connectivity index (χ3n) is 5.85. The summed E-state index contributed by atoms with van der Waals surface area (Å²) in [5, 5.41) is 1.03. The molecule has 28 heavy (non-hydrogen) atoms. The van der Waals surface area contributed by atoms with E-state index >= 15 is 0 Å². The number of methoxy groups -OCH3 is 1. The Hall–Kier alpha value is -3.08. The van der Waals surface area contributed by atoms with Gasteiger partial charge in [0.25, 0.3) is 0 Å². The maximum absolute atomic E-state index is 5.56. The average molecular weight is 372 g/mol. The normalized spacial score (nSPS) is 15.4. The summed E-state index contributed by atoms with van der Waals surface area (Å²) in [5.74, 6) is 2.58. The Balaban J connectivity index is 1.41. The van der Waals surface area contributed by atoms with Crippen molar-refractivity contribution in [2.24, 2.45) is 5.92 Å². The van der Waals surface area contributed by atoms with Crippen LogP contribution in [0.5, 0.6) is 5.75 Å². The van der Waals surface area contributed by atoms with Crippen LogP contribution >= 0.6 is 0 Å². The van der Waals surface area contributed by atoms with Gasteiger partial charge in [-0.25, -0.2) is 9.97 Å². The molecule has 5 rings (SSSR count). The molecule has 0 spiro atoms. The molecular formula is C23H24N4O. The van der Waals surface area contributed by atoms with Crippen LogP contribution in [-0.4, -0.2) is 35.2 Å². The molecule has 0 unspecified atom stereocenters. The number of benzene rings is 2. The largest absolute Gasteiger partial charge is 0.496 e. The number of hydrogen-bond donors (Lipinski definition) is 1. The Kier molecular flexibility index (Phi) is 4.35. The number of H-pyrrole nitrogens is 1. The minimum Gasteiger partial charge on any atom is -0.496 e. The van der Waals surface area contributed by atoms with Crippen LogP contribution in [0.25, 0.3) is 21.9 Å². The highest BCUT2D eigenvalue weighted by atomic mass is 16.5. The molecule has 142 valence electrons. The van der Waals surface area contributed by atoms with Gasteiger partial charge >= 0.3 is 0 Å². The van der Waals surface area contributed by atoms with Gasteiger partial charge in [0.2, 0.25) is 0 Å². The number of aromatic nitrogens is 3. The summed E-state index contributed by atoms with van der Waals surface area (Å²) in [6.07, 6.45) is 5.21. The number of aromatic amines is 1. The zero-order valence-electron chi connectivity index (χ0n) is 16.1. The fraction of sp³-hybridized carbons (Fsp3) is 0.304. The number of piperidine rings is 1. The second-order valence-corrected chi connectivity index (χ2v) is 7.55. The summed E-state index contributed by atoms with van der Waals surface area (Å²) in [7, 11) is 1.70. The molecule has 0 amide bonds. The lowest BCUT2D eigenvalue weighted by Gasteiger charge is -2.33. The molecule has 1 aliphatic heterocycles. The molecule has 5 heteroatoms. The van der Waals surface area contributed by atoms with Crippen LogP contribution in [0.2, 0.25) is 0 Å². The van der Waals surface area contributed by atoms with E-state index in [1.807, 2.05) is 12.1 Å². The first-order valence-electron chi connectivity index (χ1n) is 9.92. The maximum Gasteiger partial charge on any atom is 0.156 e. The highest BCUT2D eigenvalue weighted by Gasteiger charge is 2.23. The fourth-order valence-corrected chi connectivity index (χ4v) is 4.40. The van der Waals surface area contributed by atoms with E-state index in [0.29, 0.717) is 0 Å². The van der Waals surface area contributed by atoms with E-state index in [1.165, 1.54) is 18.4 Å². The van der Waals surface area contributed by atoms with Crippen LogP contribution in [0.4, 0.5) is 5.82 Å². The van der Waals surface area contributed by atoms with E-state index in [0.717, 1.165) is 58.9 Å². The van der Waals surface area contributed by atoms with E-state index in [2.05, 4.69) is 56.3 Å². The molecule has 1 fully saturated rings. The number of nitrogens with zero attached hydrogens (tertiary/aromatic N) is 3. The quantitative estimate of drug-likeness (QED) is 0.570. The van der Waals surface area contributed by atoms with Crippen LogP contribution in [0.15, 0.2) is 54.9 Å². The van der Waals surface area contributed by atoms with Crippen molar-refractivity contribution in [1.82, 2.24) is 15.0 Å². The molecular weight excluding hydrogens is 348 g/mol. The Labute approximate surface area is 164 Å². The molecule has 2 aromatic heterocycles. The van der Waals surface area contributed by atoms with E-state index in [4.69, 9.17) is 4.74 Å². The zero-order chi connectivity index (χ0) is 18.9. The molecule has 0 aliphatic carbocycles. The maximum atomic E-state index is 5.56. The Morgan fingerprint density at radius 3 is 2.64 bits per heavy atom. The number of fused-ring (bicyclic) bond motifs is 3. The predicted octanol–water partition coefficient (Wildman–Crippen LogP) is 4.58. The number of nitrogens with one attached hydrogen (secondary N) is 1. The Morgan fingerprint density at radius 2 is 1.86 bits per heavy atom. The molecule has 5 nitrogen and oxygen atoms in total. The highest BCUT2D eigenvalue weighted by Crippen LogP contribution is 2.35. The molecule has 0 saturated carbocycles. The summed E-state index contributed by atoms with van der Waals surface area (Å²) in [6.45, 7) is 2.05. The average Bonchev–Trinajstić information content (AvgIpc) is 3.14.